The van der Waals surface area contributed by atoms with E-state index in [0.717, 1.165) is 0 Å². The fraction of sp³-hybridized carbons (Fsp3) is 0.267. The van der Waals surface area contributed by atoms with Gasteiger partial charge in [0.1, 0.15) is 0 Å². The van der Waals surface area contributed by atoms with E-state index < -0.39 is 20.5 Å². The normalized spacial score (nSPS) is 12.0. The Kier molecular flexibility index (Phi) is 4.86. The smallest absolute Gasteiger partial charge is 0.311 e. The second kappa shape index (κ2) is 6.54. The van der Waals surface area contributed by atoms with Gasteiger partial charge in [0, 0.05) is 23.5 Å². The predicted octanol–water partition coefficient (Wildman–Crippen LogP) is 2.81. The number of benzene rings is 1. The Labute approximate surface area is 140 Å². The van der Waals surface area contributed by atoms with Crippen molar-refractivity contribution < 1.29 is 13.3 Å². The first-order valence-electron chi connectivity index (χ1n) is 7.09. The highest BCUT2D eigenvalue weighted by Gasteiger charge is 2.22. The molecule has 0 bridgehead atoms. The van der Waals surface area contributed by atoms with Gasteiger partial charge in [-0.3, -0.25) is 10.1 Å². The van der Waals surface area contributed by atoms with E-state index in [2.05, 4.69) is 15.0 Å². The van der Waals surface area contributed by atoms with Crippen LogP contribution in [0.2, 0.25) is 0 Å². The molecule has 0 fully saturated rings. The first-order chi connectivity index (χ1) is 11.1. The van der Waals surface area contributed by atoms with Crippen LogP contribution in [0, 0.1) is 10.1 Å². The van der Waals surface area contributed by atoms with E-state index in [1.807, 2.05) is 0 Å². The summed E-state index contributed by atoms with van der Waals surface area (Å²) in [6.45, 7) is 5.22. The molecule has 0 unspecified atom stereocenters. The van der Waals surface area contributed by atoms with Crippen LogP contribution in [-0.2, 0) is 10.0 Å². The summed E-state index contributed by atoms with van der Waals surface area (Å²) in [5.74, 6) is 0.0424. The summed E-state index contributed by atoms with van der Waals surface area (Å²) in [5, 5.41) is 13.8. The van der Waals surface area contributed by atoms with Gasteiger partial charge in [0.05, 0.1) is 9.82 Å². The fourth-order valence-corrected chi connectivity index (χ4v) is 3.44. The molecule has 0 radical (unpaired) electrons. The summed E-state index contributed by atoms with van der Waals surface area (Å²) in [5.41, 5.74) is -0.436. The van der Waals surface area contributed by atoms with Gasteiger partial charge in [-0.05, 0) is 45.0 Å². The van der Waals surface area contributed by atoms with Gasteiger partial charge in [-0.25, -0.2) is 18.1 Å². The lowest BCUT2D eigenvalue weighted by atomic mass is 10.1. The molecule has 24 heavy (non-hydrogen) atoms. The molecule has 2 N–H and O–H groups in total. The Hall–Kier alpha value is -2.52. The number of aromatic nitrogens is 1. The SMILES string of the molecule is CC(C)(C)NS(=O)(=O)c1cccc(Nc2ncccc2[N+](=O)[O-])c1. The molecule has 1 aromatic heterocycles. The van der Waals surface area contributed by atoms with Crippen molar-refractivity contribution in [2.24, 2.45) is 0 Å². The second-order valence-corrected chi connectivity index (χ2v) is 7.82. The average Bonchev–Trinajstić information content (AvgIpc) is 2.45. The van der Waals surface area contributed by atoms with Crippen molar-refractivity contribution in [1.82, 2.24) is 9.71 Å². The van der Waals surface area contributed by atoms with Crippen molar-refractivity contribution in [2.75, 3.05) is 5.32 Å². The van der Waals surface area contributed by atoms with Gasteiger partial charge in [0.15, 0.2) is 0 Å². The van der Waals surface area contributed by atoms with Crippen molar-refractivity contribution in [2.45, 2.75) is 31.2 Å². The van der Waals surface area contributed by atoms with Gasteiger partial charge < -0.3 is 5.32 Å². The molecule has 1 aromatic carbocycles. The molecule has 1 heterocycles. The zero-order chi connectivity index (χ0) is 18.0. The molecule has 0 aliphatic rings. The van der Waals surface area contributed by atoms with Crippen LogP contribution in [0.4, 0.5) is 17.2 Å². The van der Waals surface area contributed by atoms with Gasteiger partial charge in [0.2, 0.25) is 15.8 Å². The number of rotatable bonds is 5. The van der Waals surface area contributed by atoms with Crippen LogP contribution in [-0.4, -0.2) is 23.9 Å². The van der Waals surface area contributed by atoms with Crippen LogP contribution in [0.1, 0.15) is 20.8 Å². The van der Waals surface area contributed by atoms with Gasteiger partial charge in [-0.2, -0.15) is 0 Å². The number of pyridine rings is 1. The van der Waals surface area contributed by atoms with Crippen molar-refractivity contribution in [3.8, 4) is 0 Å². The molecule has 0 atom stereocenters. The van der Waals surface area contributed by atoms with Crippen LogP contribution >= 0.6 is 0 Å². The zero-order valence-corrected chi connectivity index (χ0v) is 14.3. The molecule has 8 nitrogen and oxygen atoms in total. The maximum absolute atomic E-state index is 12.4. The second-order valence-electron chi connectivity index (χ2n) is 6.14. The highest BCUT2D eigenvalue weighted by atomic mass is 32.2. The first-order valence-corrected chi connectivity index (χ1v) is 8.57. The summed E-state index contributed by atoms with van der Waals surface area (Å²) in [6, 6.07) is 8.77. The molecule has 0 aliphatic heterocycles. The number of nitro groups is 1. The van der Waals surface area contributed by atoms with Gasteiger partial charge in [-0.1, -0.05) is 6.07 Å². The van der Waals surface area contributed by atoms with E-state index in [1.54, 1.807) is 32.9 Å². The van der Waals surface area contributed by atoms with E-state index >= 15 is 0 Å². The molecule has 0 aliphatic carbocycles. The third-order valence-electron chi connectivity index (χ3n) is 2.83. The molecule has 0 saturated carbocycles. The molecule has 2 aromatic rings. The number of nitrogens with zero attached hydrogens (tertiary/aromatic N) is 2. The Morgan fingerprint density at radius 3 is 2.50 bits per heavy atom. The quantitative estimate of drug-likeness (QED) is 0.633. The topological polar surface area (TPSA) is 114 Å². The minimum atomic E-state index is -3.70. The lowest BCUT2D eigenvalue weighted by Crippen LogP contribution is -2.40. The van der Waals surface area contributed by atoms with Crippen LogP contribution in [0.5, 0.6) is 0 Å². The standard InChI is InChI=1S/C15H18N4O4S/c1-15(2,3)18-24(22,23)12-7-4-6-11(10-12)17-14-13(19(20)21)8-5-9-16-14/h4-10,18H,1-3H3,(H,16,17). The molecule has 2 rings (SSSR count). The molecular weight excluding hydrogens is 332 g/mol. The Balaban J connectivity index is 2.34. The maximum Gasteiger partial charge on any atom is 0.311 e. The van der Waals surface area contributed by atoms with E-state index in [-0.39, 0.29) is 16.4 Å². The highest BCUT2D eigenvalue weighted by Crippen LogP contribution is 2.26. The van der Waals surface area contributed by atoms with E-state index in [0.29, 0.717) is 5.69 Å². The minimum Gasteiger partial charge on any atom is -0.334 e. The van der Waals surface area contributed by atoms with E-state index in [9.17, 15) is 18.5 Å². The number of anilines is 2. The molecule has 0 spiro atoms. The summed E-state index contributed by atoms with van der Waals surface area (Å²) in [4.78, 5) is 14.4. The van der Waals surface area contributed by atoms with E-state index in [4.69, 9.17) is 0 Å². The van der Waals surface area contributed by atoms with Crippen LogP contribution in [0.3, 0.4) is 0 Å². The summed E-state index contributed by atoms with van der Waals surface area (Å²) in [6.07, 6.45) is 1.41. The minimum absolute atomic E-state index is 0.0424. The van der Waals surface area contributed by atoms with Crippen LogP contribution in [0.25, 0.3) is 0 Å². The van der Waals surface area contributed by atoms with Crippen molar-refractivity contribution in [3.63, 3.8) is 0 Å². The van der Waals surface area contributed by atoms with Crippen molar-refractivity contribution in [1.29, 1.82) is 0 Å². The maximum atomic E-state index is 12.4. The Morgan fingerprint density at radius 1 is 1.17 bits per heavy atom. The number of sulfonamides is 1. The third-order valence-corrected chi connectivity index (χ3v) is 4.59. The fourth-order valence-electron chi connectivity index (χ4n) is 1.98. The number of hydrogen-bond donors (Lipinski definition) is 2. The summed E-state index contributed by atoms with van der Waals surface area (Å²) < 4.78 is 27.3. The Morgan fingerprint density at radius 2 is 1.88 bits per heavy atom. The largest absolute Gasteiger partial charge is 0.334 e. The lowest BCUT2D eigenvalue weighted by Gasteiger charge is -2.20. The average molecular weight is 350 g/mol. The van der Waals surface area contributed by atoms with Crippen LogP contribution in [0.15, 0.2) is 47.5 Å². The molecule has 128 valence electrons. The zero-order valence-electron chi connectivity index (χ0n) is 13.5. The molecule has 9 heteroatoms. The highest BCUT2D eigenvalue weighted by molar-refractivity contribution is 7.89. The van der Waals surface area contributed by atoms with Gasteiger partial charge in [-0.15, -0.1) is 0 Å². The van der Waals surface area contributed by atoms with Crippen molar-refractivity contribution >= 4 is 27.2 Å². The first kappa shape index (κ1) is 17.8. The molecule has 0 amide bonds. The van der Waals surface area contributed by atoms with Gasteiger partial charge >= 0.3 is 5.69 Å². The number of nitrogens with one attached hydrogen (secondary N) is 2. The van der Waals surface area contributed by atoms with Crippen LogP contribution < -0.4 is 10.0 Å². The van der Waals surface area contributed by atoms with Gasteiger partial charge in [0.25, 0.3) is 0 Å². The summed E-state index contributed by atoms with van der Waals surface area (Å²) >= 11 is 0. The van der Waals surface area contributed by atoms with E-state index in [1.165, 1.54) is 30.5 Å². The third kappa shape index (κ3) is 4.49. The molecule has 0 saturated heterocycles. The Bertz CT molecular complexity index is 860. The monoisotopic (exact) mass is 350 g/mol. The lowest BCUT2D eigenvalue weighted by molar-refractivity contribution is -0.384. The number of hydrogen-bond acceptors (Lipinski definition) is 6. The van der Waals surface area contributed by atoms with Crippen molar-refractivity contribution in [3.05, 3.63) is 52.7 Å². The molecular formula is C15H18N4O4S. The summed E-state index contributed by atoms with van der Waals surface area (Å²) in [7, 11) is -3.70. The predicted molar refractivity (Wildman–Crippen MR) is 90.7 cm³/mol.